The third-order valence-electron chi connectivity index (χ3n) is 2.57. The highest BCUT2D eigenvalue weighted by Crippen LogP contribution is 2.25. The lowest BCUT2D eigenvalue weighted by Crippen LogP contribution is -2.01. The first-order valence-corrected chi connectivity index (χ1v) is 5.94. The van der Waals surface area contributed by atoms with Crippen LogP contribution in [0, 0.1) is 11.6 Å². The summed E-state index contributed by atoms with van der Waals surface area (Å²) < 4.78 is 32.3. The Morgan fingerprint density at radius 1 is 1.11 bits per heavy atom. The molecule has 0 aliphatic heterocycles. The van der Waals surface area contributed by atoms with Gasteiger partial charge in [-0.25, -0.2) is 8.78 Å². The monoisotopic (exact) mass is 284 g/mol. The number of benzene rings is 2. The summed E-state index contributed by atoms with van der Waals surface area (Å²) in [5, 5.41) is 9.30. The molecule has 2 aromatic carbocycles. The average molecular weight is 285 g/mol. The summed E-state index contributed by atoms with van der Waals surface area (Å²) in [5.74, 6) is -2.18. The molecule has 0 fully saturated rings. The zero-order valence-corrected chi connectivity index (χ0v) is 10.6. The van der Waals surface area contributed by atoms with E-state index >= 15 is 0 Å². The minimum Gasteiger partial charge on any atom is -0.483 e. The van der Waals surface area contributed by atoms with Crippen LogP contribution in [-0.2, 0) is 13.2 Å². The molecule has 2 aromatic rings. The molecule has 0 radical (unpaired) electrons. The lowest BCUT2D eigenvalue weighted by Gasteiger charge is -2.10. The number of hydrogen-bond donors (Lipinski definition) is 1. The topological polar surface area (TPSA) is 29.5 Å². The molecule has 2 rings (SSSR count). The minimum atomic E-state index is -0.851. The molecule has 2 nitrogen and oxygen atoms in total. The summed E-state index contributed by atoms with van der Waals surface area (Å²) in [6, 6.07) is 8.95. The van der Waals surface area contributed by atoms with Crippen molar-refractivity contribution in [2.24, 2.45) is 0 Å². The Kier molecular flexibility index (Phi) is 4.35. The lowest BCUT2D eigenvalue weighted by molar-refractivity contribution is 0.266. The van der Waals surface area contributed by atoms with E-state index in [1.165, 1.54) is 0 Å². The maximum absolute atomic E-state index is 13.6. The van der Waals surface area contributed by atoms with E-state index in [1.54, 1.807) is 24.3 Å². The predicted molar refractivity (Wildman–Crippen MR) is 68.1 cm³/mol. The van der Waals surface area contributed by atoms with Gasteiger partial charge in [-0.1, -0.05) is 29.8 Å². The van der Waals surface area contributed by atoms with Crippen LogP contribution >= 0.6 is 11.6 Å². The minimum absolute atomic E-state index is 0.0357. The van der Waals surface area contributed by atoms with Crippen molar-refractivity contribution in [3.63, 3.8) is 0 Å². The van der Waals surface area contributed by atoms with Gasteiger partial charge in [0.1, 0.15) is 6.61 Å². The normalized spacial score (nSPS) is 10.5. The van der Waals surface area contributed by atoms with Gasteiger partial charge in [0, 0.05) is 10.6 Å². The molecule has 0 amide bonds. The highest BCUT2D eigenvalue weighted by Gasteiger charge is 2.13. The van der Waals surface area contributed by atoms with Crippen LogP contribution < -0.4 is 4.74 Å². The fraction of sp³-hybridized carbons (Fsp3) is 0.143. The first-order chi connectivity index (χ1) is 9.11. The zero-order chi connectivity index (χ0) is 13.8. The summed E-state index contributed by atoms with van der Waals surface area (Å²) in [7, 11) is 0. The molecule has 0 saturated carbocycles. The number of aliphatic hydroxyl groups excluding tert-OH is 1. The van der Waals surface area contributed by atoms with Crippen LogP contribution in [0.25, 0.3) is 0 Å². The number of rotatable bonds is 4. The molecule has 0 saturated heterocycles. The molecule has 100 valence electrons. The van der Waals surface area contributed by atoms with Crippen molar-refractivity contribution in [3.8, 4) is 5.75 Å². The van der Waals surface area contributed by atoms with E-state index < -0.39 is 24.0 Å². The molecular weight excluding hydrogens is 274 g/mol. The smallest absolute Gasteiger partial charge is 0.191 e. The summed E-state index contributed by atoms with van der Waals surface area (Å²) in [6.45, 7) is -0.468. The van der Waals surface area contributed by atoms with Crippen LogP contribution in [0.4, 0.5) is 8.78 Å². The fourth-order valence-electron chi connectivity index (χ4n) is 1.61. The Bertz CT molecular complexity index is 564. The van der Waals surface area contributed by atoms with Crippen molar-refractivity contribution in [2.75, 3.05) is 0 Å². The van der Waals surface area contributed by atoms with Gasteiger partial charge in [-0.3, -0.25) is 0 Å². The highest BCUT2D eigenvalue weighted by molar-refractivity contribution is 6.31. The van der Waals surface area contributed by atoms with E-state index in [0.717, 1.165) is 12.1 Å². The summed E-state index contributed by atoms with van der Waals surface area (Å²) in [5.41, 5.74) is 0.786. The molecule has 0 atom stereocenters. The quantitative estimate of drug-likeness (QED) is 0.928. The van der Waals surface area contributed by atoms with E-state index in [9.17, 15) is 8.78 Å². The molecule has 19 heavy (non-hydrogen) atoms. The first kappa shape index (κ1) is 13.8. The van der Waals surface area contributed by atoms with Gasteiger partial charge in [0.15, 0.2) is 17.4 Å². The van der Waals surface area contributed by atoms with Gasteiger partial charge in [0.2, 0.25) is 0 Å². The second-order valence-electron chi connectivity index (χ2n) is 3.93. The van der Waals surface area contributed by atoms with E-state index in [0.29, 0.717) is 10.6 Å². The molecule has 0 aliphatic carbocycles. The number of aliphatic hydroxyl groups is 1. The van der Waals surface area contributed by atoms with Crippen LogP contribution in [0.1, 0.15) is 11.1 Å². The maximum Gasteiger partial charge on any atom is 0.191 e. The van der Waals surface area contributed by atoms with Gasteiger partial charge in [0.25, 0.3) is 0 Å². The first-order valence-electron chi connectivity index (χ1n) is 5.57. The Hall–Kier alpha value is -1.65. The number of hydrogen-bond acceptors (Lipinski definition) is 2. The van der Waals surface area contributed by atoms with Crippen molar-refractivity contribution in [1.82, 2.24) is 0 Å². The van der Waals surface area contributed by atoms with E-state index in [1.807, 2.05) is 0 Å². The molecule has 0 spiro atoms. The lowest BCUT2D eigenvalue weighted by atomic mass is 10.2. The van der Waals surface area contributed by atoms with Crippen LogP contribution in [-0.4, -0.2) is 5.11 Å². The third-order valence-corrected chi connectivity index (χ3v) is 2.94. The van der Waals surface area contributed by atoms with Crippen LogP contribution in [0.5, 0.6) is 5.75 Å². The standard InChI is InChI=1S/C14H11ClF2O2/c15-11-4-2-1-3-10(11)8-19-14-12(16)5-9(7-18)6-13(14)17/h1-6,18H,7-8H2. The largest absolute Gasteiger partial charge is 0.483 e. The number of halogens is 3. The second-order valence-corrected chi connectivity index (χ2v) is 4.33. The average Bonchev–Trinajstić information content (AvgIpc) is 2.39. The van der Waals surface area contributed by atoms with Crippen molar-refractivity contribution in [2.45, 2.75) is 13.2 Å². The SMILES string of the molecule is OCc1cc(F)c(OCc2ccccc2Cl)c(F)c1. The van der Waals surface area contributed by atoms with Crippen molar-refractivity contribution < 1.29 is 18.6 Å². The fourth-order valence-corrected chi connectivity index (χ4v) is 1.80. The van der Waals surface area contributed by atoms with Gasteiger partial charge in [0.05, 0.1) is 6.61 Å². The Balaban J connectivity index is 2.18. The summed E-state index contributed by atoms with van der Waals surface area (Å²) in [6.07, 6.45) is 0. The van der Waals surface area contributed by atoms with Crippen molar-refractivity contribution in [1.29, 1.82) is 0 Å². The maximum atomic E-state index is 13.6. The molecule has 0 unspecified atom stereocenters. The second kappa shape index (κ2) is 5.99. The molecule has 0 bridgehead atoms. The molecule has 0 aliphatic rings. The van der Waals surface area contributed by atoms with Gasteiger partial charge >= 0.3 is 0 Å². The predicted octanol–water partition coefficient (Wildman–Crippen LogP) is 3.69. The van der Waals surface area contributed by atoms with Crippen LogP contribution in [0.2, 0.25) is 5.02 Å². The number of ether oxygens (including phenoxy) is 1. The molecule has 5 heteroatoms. The van der Waals surface area contributed by atoms with Crippen LogP contribution in [0.15, 0.2) is 36.4 Å². The highest BCUT2D eigenvalue weighted by atomic mass is 35.5. The van der Waals surface area contributed by atoms with E-state index in [4.69, 9.17) is 21.4 Å². The van der Waals surface area contributed by atoms with Crippen molar-refractivity contribution >= 4 is 11.6 Å². The molecule has 0 aromatic heterocycles. The van der Waals surface area contributed by atoms with E-state index in [2.05, 4.69) is 0 Å². The van der Waals surface area contributed by atoms with Crippen LogP contribution in [0.3, 0.4) is 0 Å². The third kappa shape index (κ3) is 3.22. The van der Waals surface area contributed by atoms with Gasteiger partial charge in [-0.05, 0) is 23.8 Å². The Morgan fingerprint density at radius 2 is 1.74 bits per heavy atom. The Morgan fingerprint density at radius 3 is 2.32 bits per heavy atom. The summed E-state index contributed by atoms with van der Waals surface area (Å²) >= 11 is 5.92. The Labute approximate surface area is 114 Å². The van der Waals surface area contributed by atoms with Gasteiger partial charge in [-0.2, -0.15) is 0 Å². The van der Waals surface area contributed by atoms with E-state index in [-0.39, 0.29) is 12.2 Å². The van der Waals surface area contributed by atoms with Crippen molar-refractivity contribution in [3.05, 3.63) is 64.2 Å². The molecule has 1 N–H and O–H groups in total. The molecular formula is C14H11ClF2O2. The van der Waals surface area contributed by atoms with Gasteiger partial charge in [-0.15, -0.1) is 0 Å². The molecule has 0 heterocycles. The summed E-state index contributed by atoms with van der Waals surface area (Å²) in [4.78, 5) is 0. The zero-order valence-electron chi connectivity index (χ0n) is 9.87. The van der Waals surface area contributed by atoms with Gasteiger partial charge < -0.3 is 9.84 Å².